The SMILES string of the molecule is O=C(CCNCCc1c[nH]c2ccccc12)Nc1ccc(F)cc1F. The second-order valence-electron chi connectivity index (χ2n) is 5.78. The first kappa shape index (κ1) is 17.1. The fourth-order valence-corrected chi connectivity index (χ4v) is 2.69. The number of benzene rings is 2. The van der Waals surface area contributed by atoms with Crippen molar-refractivity contribution in [3.63, 3.8) is 0 Å². The van der Waals surface area contributed by atoms with E-state index in [1.807, 2.05) is 24.4 Å². The van der Waals surface area contributed by atoms with E-state index in [9.17, 15) is 13.6 Å². The molecular formula is C19H19F2N3O. The largest absolute Gasteiger partial charge is 0.361 e. The zero-order valence-corrected chi connectivity index (χ0v) is 13.6. The molecule has 4 nitrogen and oxygen atoms in total. The number of halogens is 2. The number of hydrogen-bond acceptors (Lipinski definition) is 2. The fourth-order valence-electron chi connectivity index (χ4n) is 2.69. The predicted octanol–water partition coefficient (Wildman–Crippen LogP) is 3.61. The van der Waals surface area contributed by atoms with Gasteiger partial charge in [0.05, 0.1) is 5.69 Å². The molecule has 0 saturated carbocycles. The van der Waals surface area contributed by atoms with Crippen LogP contribution in [0.5, 0.6) is 0 Å². The summed E-state index contributed by atoms with van der Waals surface area (Å²) in [6.07, 6.45) is 3.05. The maximum absolute atomic E-state index is 13.5. The molecule has 0 aliphatic carbocycles. The lowest BCUT2D eigenvalue weighted by molar-refractivity contribution is -0.116. The second kappa shape index (κ2) is 7.90. The zero-order valence-electron chi connectivity index (χ0n) is 13.6. The summed E-state index contributed by atoms with van der Waals surface area (Å²) in [5.41, 5.74) is 2.32. The van der Waals surface area contributed by atoms with Crippen LogP contribution < -0.4 is 10.6 Å². The zero-order chi connectivity index (χ0) is 17.6. The third-order valence-electron chi connectivity index (χ3n) is 3.98. The first-order valence-electron chi connectivity index (χ1n) is 8.14. The lowest BCUT2D eigenvalue weighted by Crippen LogP contribution is -2.23. The number of aromatic amines is 1. The summed E-state index contributed by atoms with van der Waals surface area (Å²) in [6.45, 7) is 1.22. The van der Waals surface area contributed by atoms with E-state index in [1.54, 1.807) is 0 Å². The van der Waals surface area contributed by atoms with Gasteiger partial charge in [-0.25, -0.2) is 8.78 Å². The molecule has 0 saturated heterocycles. The van der Waals surface area contributed by atoms with Crippen molar-refractivity contribution in [3.8, 4) is 0 Å². The van der Waals surface area contributed by atoms with Crippen molar-refractivity contribution in [1.82, 2.24) is 10.3 Å². The summed E-state index contributed by atoms with van der Waals surface area (Å²) in [6, 6.07) is 11.2. The Balaban J connectivity index is 1.40. The second-order valence-corrected chi connectivity index (χ2v) is 5.78. The molecule has 25 heavy (non-hydrogen) atoms. The van der Waals surface area contributed by atoms with Crippen molar-refractivity contribution in [2.24, 2.45) is 0 Å². The predicted molar refractivity (Wildman–Crippen MR) is 94.5 cm³/mol. The lowest BCUT2D eigenvalue weighted by Gasteiger charge is -2.07. The monoisotopic (exact) mass is 343 g/mol. The highest BCUT2D eigenvalue weighted by Crippen LogP contribution is 2.17. The molecule has 0 spiro atoms. The molecule has 0 bridgehead atoms. The van der Waals surface area contributed by atoms with Crippen molar-refractivity contribution >= 4 is 22.5 Å². The number of rotatable bonds is 7. The minimum atomic E-state index is -0.777. The van der Waals surface area contributed by atoms with E-state index in [2.05, 4.69) is 21.7 Å². The van der Waals surface area contributed by atoms with E-state index in [1.165, 1.54) is 17.0 Å². The van der Waals surface area contributed by atoms with Gasteiger partial charge in [-0.1, -0.05) is 18.2 Å². The Morgan fingerprint density at radius 2 is 1.92 bits per heavy atom. The number of carbonyl (C=O) groups excluding carboxylic acids is 1. The van der Waals surface area contributed by atoms with Gasteiger partial charge in [0.25, 0.3) is 0 Å². The van der Waals surface area contributed by atoms with E-state index < -0.39 is 11.6 Å². The summed E-state index contributed by atoms with van der Waals surface area (Å²) >= 11 is 0. The minimum Gasteiger partial charge on any atom is -0.361 e. The lowest BCUT2D eigenvalue weighted by atomic mass is 10.1. The molecule has 3 N–H and O–H groups in total. The van der Waals surface area contributed by atoms with Gasteiger partial charge < -0.3 is 15.6 Å². The number of H-pyrrole nitrogens is 1. The Morgan fingerprint density at radius 1 is 1.08 bits per heavy atom. The minimum absolute atomic E-state index is 0.00908. The molecule has 0 fully saturated rings. The number of fused-ring (bicyclic) bond motifs is 1. The molecule has 6 heteroatoms. The van der Waals surface area contributed by atoms with Gasteiger partial charge in [0.2, 0.25) is 5.91 Å². The van der Waals surface area contributed by atoms with Crippen LogP contribution in [0, 0.1) is 11.6 Å². The average Bonchev–Trinajstić information content (AvgIpc) is 3.00. The van der Waals surface area contributed by atoms with Gasteiger partial charge in [0.15, 0.2) is 0 Å². The first-order valence-corrected chi connectivity index (χ1v) is 8.14. The van der Waals surface area contributed by atoms with Crippen molar-refractivity contribution in [2.75, 3.05) is 18.4 Å². The van der Waals surface area contributed by atoms with Gasteiger partial charge in [-0.05, 0) is 36.7 Å². The van der Waals surface area contributed by atoms with Gasteiger partial charge in [-0.3, -0.25) is 4.79 Å². The summed E-state index contributed by atoms with van der Waals surface area (Å²) in [5, 5.41) is 6.84. The summed E-state index contributed by atoms with van der Waals surface area (Å²) in [7, 11) is 0. The maximum Gasteiger partial charge on any atom is 0.225 e. The molecule has 1 heterocycles. The van der Waals surface area contributed by atoms with Gasteiger partial charge in [0.1, 0.15) is 11.6 Å². The number of anilines is 1. The van der Waals surface area contributed by atoms with Crippen molar-refractivity contribution in [1.29, 1.82) is 0 Å². The molecule has 0 atom stereocenters. The van der Waals surface area contributed by atoms with E-state index in [0.717, 1.165) is 30.6 Å². The number of aromatic nitrogens is 1. The molecule has 1 amide bonds. The third kappa shape index (κ3) is 4.42. The van der Waals surface area contributed by atoms with Crippen LogP contribution in [-0.2, 0) is 11.2 Å². The summed E-state index contributed by atoms with van der Waals surface area (Å²) in [4.78, 5) is 15.0. The molecule has 130 valence electrons. The molecule has 3 rings (SSSR count). The number of nitrogens with one attached hydrogen (secondary N) is 3. The molecule has 2 aromatic carbocycles. The standard InChI is InChI=1S/C19H19F2N3O/c20-14-5-6-18(16(21)11-14)24-19(25)8-10-22-9-7-13-12-23-17-4-2-1-3-15(13)17/h1-6,11-12,22-23H,7-10H2,(H,24,25). The molecule has 0 unspecified atom stereocenters. The highest BCUT2D eigenvalue weighted by Gasteiger charge is 2.08. The summed E-state index contributed by atoms with van der Waals surface area (Å²) < 4.78 is 26.3. The molecular weight excluding hydrogens is 324 g/mol. The van der Waals surface area contributed by atoms with Crippen LogP contribution in [0.15, 0.2) is 48.7 Å². The van der Waals surface area contributed by atoms with Gasteiger partial charge in [0, 0.05) is 36.1 Å². The smallest absolute Gasteiger partial charge is 0.225 e. The van der Waals surface area contributed by atoms with Crippen LogP contribution >= 0.6 is 0 Å². The van der Waals surface area contributed by atoms with Crippen LogP contribution in [0.1, 0.15) is 12.0 Å². The van der Waals surface area contributed by atoms with Crippen molar-refractivity contribution in [2.45, 2.75) is 12.8 Å². The van der Waals surface area contributed by atoms with E-state index in [-0.39, 0.29) is 18.0 Å². The normalized spacial score (nSPS) is 11.0. The van der Waals surface area contributed by atoms with Gasteiger partial charge in [-0.2, -0.15) is 0 Å². The van der Waals surface area contributed by atoms with Crippen LogP contribution in [0.2, 0.25) is 0 Å². The topological polar surface area (TPSA) is 56.9 Å². The molecule has 0 aliphatic rings. The Kier molecular flexibility index (Phi) is 5.40. The van der Waals surface area contributed by atoms with Crippen molar-refractivity contribution < 1.29 is 13.6 Å². The molecule has 0 radical (unpaired) electrons. The number of hydrogen-bond donors (Lipinski definition) is 3. The fraction of sp³-hybridized carbons (Fsp3) is 0.211. The number of amides is 1. The highest BCUT2D eigenvalue weighted by molar-refractivity contribution is 5.90. The Hall–Kier alpha value is -2.73. The van der Waals surface area contributed by atoms with E-state index >= 15 is 0 Å². The number of carbonyl (C=O) groups is 1. The Labute approximate surface area is 144 Å². The van der Waals surface area contributed by atoms with Gasteiger partial charge in [-0.15, -0.1) is 0 Å². The molecule has 1 aromatic heterocycles. The quantitative estimate of drug-likeness (QED) is 0.574. The van der Waals surface area contributed by atoms with Crippen LogP contribution in [0.3, 0.4) is 0 Å². The van der Waals surface area contributed by atoms with Crippen molar-refractivity contribution in [3.05, 3.63) is 65.9 Å². The Bertz CT molecular complexity index is 876. The maximum atomic E-state index is 13.5. The van der Waals surface area contributed by atoms with Crippen LogP contribution in [-0.4, -0.2) is 24.0 Å². The van der Waals surface area contributed by atoms with Crippen LogP contribution in [0.25, 0.3) is 10.9 Å². The Morgan fingerprint density at radius 3 is 2.76 bits per heavy atom. The van der Waals surface area contributed by atoms with Crippen LogP contribution in [0.4, 0.5) is 14.5 Å². The van der Waals surface area contributed by atoms with Gasteiger partial charge >= 0.3 is 0 Å². The van der Waals surface area contributed by atoms with E-state index in [0.29, 0.717) is 6.54 Å². The van der Waals surface area contributed by atoms with E-state index in [4.69, 9.17) is 0 Å². The molecule has 0 aliphatic heterocycles. The summed E-state index contributed by atoms with van der Waals surface area (Å²) in [5.74, 6) is -1.76. The average molecular weight is 343 g/mol. The molecule has 3 aromatic rings. The first-order chi connectivity index (χ1) is 12.1. The highest BCUT2D eigenvalue weighted by atomic mass is 19.1. The number of para-hydroxylation sites is 1. The third-order valence-corrected chi connectivity index (χ3v) is 3.98.